The van der Waals surface area contributed by atoms with Crippen molar-refractivity contribution in [3.8, 4) is 0 Å². The van der Waals surface area contributed by atoms with Crippen LogP contribution in [0.1, 0.15) is 24.2 Å². The van der Waals surface area contributed by atoms with Gasteiger partial charge in [-0.2, -0.15) is 0 Å². The Bertz CT molecular complexity index is 616. The Labute approximate surface area is 160 Å². The van der Waals surface area contributed by atoms with E-state index >= 15 is 0 Å². The summed E-state index contributed by atoms with van der Waals surface area (Å²) in [6.45, 7) is 5.54. The fraction of sp³-hybridized carbons (Fsp3) is 0.500. The second-order valence-corrected chi connectivity index (χ2v) is 6.53. The third-order valence-electron chi connectivity index (χ3n) is 4.38. The summed E-state index contributed by atoms with van der Waals surface area (Å²) in [6.07, 6.45) is 0. The van der Waals surface area contributed by atoms with E-state index in [1.54, 1.807) is 21.9 Å². The maximum absolute atomic E-state index is 12.4. The van der Waals surface area contributed by atoms with Gasteiger partial charge in [0.25, 0.3) is 5.91 Å². The Kier molecular flexibility index (Phi) is 8.54. The summed E-state index contributed by atoms with van der Waals surface area (Å²) in [4.78, 5) is 39.8. The van der Waals surface area contributed by atoms with Gasteiger partial charge in [0.1, 0.15) is 0 Å². The molecule has 26 heavy (non-hydrogen) atoms. The summed E-state index contributed by atoms with van der Waals surface area (Å²) in [7, 11) is 0. The molecule has 0 saturated carbocycles. The molecule has 1 aliphatic heterocycles. The van der Waals surface area contributed by atoms with Crippen LogP contribution < -0.4 is 11.1 Å². The normalized spacial score (nSPS) is 15.2. The molecule has 2 rings (SSSR count). The highest BCUT2D eigenvalue weighted by molar-refractivity contribution is 5.94. The van der Waals surface area contributed by atoms with Crippen LogP contribution in [-0.2, 0) is 9.59 Å². The van der Waals surface area contributed by atoms with Crippen LogP contribution in [0.15, 0.2) is 30.3 Å². The van der Waals surface area contributed by atoms with Gasteiger partial charge in [0.2, 0.25) is 11.8 Å². The van der Waals surface area contributed by atoms with Gasteiger partial charge < -0.3 is 20.9 Å². The van der Waals surface area contributed by atoms with Crippen molar-refractivity contribution in [2.75, 3.05) is 32.7 Å². The summed E-state index contributed by atoms with van der Waals surface area (Å²) in [5, 5.41) is 2.58. The Morgan fingerprint density at radius 2 is 1.58 bits per heavy atom. The van der Waals surface area contributed by atoms with Gasteiger partial charge in [-0.3, -0.25) is 14.4 Å². The SMILES string of the molecule is CC(C)[C@H](N)C(=O)NCC(=O)N1CCN(C(=O)c2ccccc2)CC1.Cl. The van der Waals surface area contributed by atoms with Crippen molar-refractivity contribution in [2.24, 2.45) is 11.7 Å². The third-order valence-corrected chi connectivity index (χ3v) is 4.38. The molecule has 0 aromatic heterocycles. The van der Waals surface area contributed by atoms with E-state index in [0.29, 0.717) is 31.7 Å². The molecule has 0 bridgehead atoms. The maximum atomic E-state index is 12.4. The number of halogens is 1. The van der Waals surface area contributed by atoms with Crippen LogP contribution >= 0.6 is 12.4 Å². The molecule has 8 heteroatoms. The maximum Gasteiger partial charge on any atom is 0.253 e. The highest BCUT2D eigenvalue weighted by Crippen LogP contribution is 2.09. The van der Waals surface area contributed by atoms with Gasteiger partial charge in [0.05, 0.1) is 12.6 Å². The molecule has 1 saturated heterocycles. The van der Waals surface area contributed by atoms with Crippen molar-refractivity contribution < 1.29 is 14.4 Å². The van der Waals surface area contributed by atoms with E-state index in [1.807, 2.05) is 32.0 Å². The lowest BCUT2D eigenvalue weighted by Gasteiger charge is -2.35. The van der Waals surface area contributed by atoms with Crippen LogP contribution in [0.25, 0.3) is 0 Å². The van der Waals surface area contributed by atoms with Crippen molar-refractivity contribution in [2.45, 2.75) is 19.9 Å². The lowest BCUT2D eigenvalue weighted by atomic mass is 10.1. The third kappa shape index (κ3) is 5.71. The molecule has 0 unspecified atom stereocenters. The molecule has 1 aromatic carbocycles. The molecular weight excluding hydrogens is 356 g/mol. The van der Waals surface area contributed by atoms with E-state index in [1.165, 1.54) is 0 Å². The molecule has 1 aromatic rings. The van der Waals surface area contributed by atoms with Crippen LogP contribution in [0.3, 0.4) is 0 Å². The largest absolute Gasteiger partial charge is 0.346 e. The van der Waals surface area contributed by atoms with E-state index < -0.39 is 6.04 Å². The second kappa shape index (κ2) is 10.1. The molecule has 3 amide bonds. The number of piperazine rings is 1. The topological polar surface area (TPSA) is 95.7 Å². The van der Waals surface area contributed by atoms with E-state index in [9.17, 15) is 14.4 Å². The number of nitrogens with zero attached hydrogens (tertiary/aromatic N) is 2. The molecule has 0 radical (unpaired) electrons. The van der Waals surface area contributed by atoms with Gasteiger partial charge in [0.15, 0.2) is 0 Å². The molecule has 3 N–H and O–H groups in total. The fourth-order valence-electron chi connectivity index (χ4n) is 2.62. The number of hydrogen-bond donors (Lipinski definition) is 2. The number of amides is 3. The predicted molar refractivity (Wildman–Crippen MR) is 102 cm³/mol. The minimum absolute atomic E-state index is 0. The first kappa shape index (κ1) is 21.9. The van der Waals surface area contributed by atoms with Crippen LogP contribution in [0.4, 0.5) is 0 Å². The zero-order valence-corrected chi connectivity index (χ0v) is 16.0. The zero-order chi connectivity index (χ0) is 18.4. The lowest BCUT2D eigenvalue weighted by Crippen LogP contribution is -2.53. The minimum Gasteiger partial charge on any atom is -0.346 e. The zero-order valence-electron chi connectivity index (χ0n) is 15.2. The van der Waals surface area contributed by atoms with E-state index in [2.05, 4.69) is 5.32 Å². The molecule has 1 heterocycles. The van der Waals surface area contributed by atoms with Crippen LogP contribution in [0, 0.1) is 5.92 Å². The van der Waals surface area contributed by atoms with Crippen molar-refractivity contribution in [3.63, 3.8) is 0 Å². The van der Waals surface area contributed by atoms with Crippen LogP contribution in [-0.4, -0.2) is 66.3 Å². The Morgan fingerprint density at radius 3 is 2.12 bits per heavy atom. The summed E-state index contributed by atoms with van der Waals surface area (Å²) >= 11 is 0. The smallest absolute Gasteiger partial charge is 0.253 e. The fourth-order valence-corrected chi connectivity index (χ4v) is 2.62. The molecule has 1 fully saturated rings. The first-order valence-corrected chi connectivity index (χ1v) is 8.55. The Balaban J connectivity index is 0.00000338. The summed E-state index contributed by atoms with van der Waals surface area (Å²) in [6, 6.07) is 8.48. The summed E-state index contributed by atoms with van der Waals surface area (Å²) < 4.78 is 0. The Hall–Kier alpha value is -2.12. The number of hydrogen-bond acceptors (Lipinski definition) is 4. The number of carbonyl (C=O) groups excluding carboxylic acids is 3. The number of nitrogens with one attached hydrogen (secondary N) is 1. The number of rotatable bonds is 5. The van der Waals surface area contributed by atoms with Crippen molar-refractivity contribution in [3.05, 3.63) is 35.9 Å². The minimum atomic E-state index is -0.617. The van der Waals surface area contributed by atoms with Crippen molar-refractivity contribution in [1.82, 2.24) is 15.1 Å². The van der Waals surface area contributed by atoms with Gasteiger partial charge in [-0.15, -0.1) is 12.4 Å². The van der Waals surface area contributed by atoms with E-state index in [-0.39, 0.29) is 42.6 Å². The average molecular weight is 383 g/mol. The molecule has 0 spiro atoms. The van der Waals surface area contributed by atoms with E-state index in [0.717, 1.165) is 0 Å². The molecule has 1 atom stereocenters. The first-order valence-electron chi connectivity index (χ1n) is 8.55. The van der Waals surface area contributed by atoms with Gasteiger partial charge in [-0.1, -0.05) is 32.0 Å². The van der Waals surface area contributed by atoms with E-state index in [4.69, 9.17) is 5.73 Å². The highest BCUT2D eigenvalue weighted by atomic mass is 35.5. The molecule has 0 aliphatic carbocycles. The van der Waals surface area contributed by atoms with Crippen LogP contribution in [0.2, 0.25) is 0 Å². The molecule has 7 nitrogen and oxygen atoms in total. The van der Waals surface area contributed by atoms with Gasteiger partial charge in [-0.25, -0.2) is 0 Å². The van der Waals surface area contributed by atoms with Gasteiger partial charge >= 0.3 is 0 Å². The highest BCUT2D eigenvalue weighted by Gasteiger charge is 2.25. The average Bonchev–Trinajstić information content (AvgIpc) is 2.65. The Morgan fingerprint density at radius 1 is 1.04 bits per heavy atom. The molecular formula is C18H27ClN4O3. The quantitative estimate of drug-likeness (QED) is 0.774. The first-order chi connectivity index (χ1) is 11.9. The van der Waals surface area contributed by atoms with Crippen molar-refractivity contribution >= 4 is 30.1 Å². The number of nitrogens with two attached hydrogens (primary N) is 1. The predicted octanol–water partition coefficient (Wildman–Crippen LogP) is 0.492. The second-order valence-electron chi connectivity index (χ2n) is 6.53. The van der Waals surface area contributed by atoms with Gasteiger partial charge in [0, 0.05) is 31.7 Å². The van der Waals surface area contributed by atoms with Crippen molar-refractivity contribution in [1.29, 1.82) is 0 Å². The molecule has 144 valence electrons. The monoisotopic (exact) mass is 382 g/mol. The lowest BCUT2D eigenvalue weighted by molar-refractivity contribution is -0.134. The number of carbonyl (C=O) groups is 3. The molecule has 1 aliphatic rings. The van der Waals surface area contributed by atoms with Gasteiger partial charge in [-0.05, 0) is 18.1 Å². The standard InChI is InChI=1S/C18H26N4O3.ClH/c1-13(2)16(19)17(24)20-12-15(23)21-8-10-22(11-9-21)18(25)14-6-4-3-5-7-14;/h3-7,13,16H,8-12,19H2,1-2H3,(H,20,24);1H/t16-;/m0./s1. The summed E-state index contributed by atoms with van der Waals surface area (Å²) in [5.74, 6) is -0.482. The number of benzene rings is 1. The summed E-state index contributed by atoms with van der Waals surface area (Å²) in [5.41, 5.74) is 6.40. The van der Waals surface area contributed by atoms with Crippen LogP contribution in [0.5, 0.6) is 0 Å².